The lowest BCUT2D eigenvalue weighted by atomic mass is 9.98. The van der Waals surface area contributed by atoms with Gasteiger partial charge in [0.2, 0.25) is 5.91 Å². The Bertz CT molecular complexity index is 266. The number of hydrogen-bond donors (Lipinski definition) is 1. The third kappa shape index (κ3) is 3.66. The molecule has 5 nitrogen and oxygen atoms in total. The summed E-state index contributed by atoms with van der Waals surface area (Å²) in [5.41, 5.74) is 5.77. The molecule has 5 heteroatoms. The Morgan fingerprint density at radius 3 is 2.65 bits per heavy atom. The molecule has 1 rings (SSSR count). The predicted molar refractivity (Wildman–Crippen MR) is 67.8 cm³/mol. The lowest BCUT2D eigenvalue weighted by Crippen LogP contribution is -2.59. The summed E-state index contributed by atoms with van der Waals surface area (Å²) in [6, 6.07) is 0.101. The van der Waals surface area contributed by atoms with E-state index in [1.807, 2.05) is 0 Å². The van der Waals surface area contributed by atoms with Gasteiger partial charge in [-0.2, -0.15) is 0 Å². The number of ether oxygens (including phenoxy) is 1. The second-order valence-corrected chi connectivity index (χ2v) is 5.44. The van der Waals surface area contributed by atoms with Gasteiger partial charge in [0.05, 0.1) is 13.2 Å². The Morgan fingerprint density at radius 2 is 2.18 bits per heavy atom. The highest BCUT2D eigenvalue weighted by Crippen LogP contribution is 2.23. The summed E-state index contributed by atoms with van der Waals surface area (Å²) in [7, 11) is 3.56. The second kappa shape index (κ2) is 5.80. The first-order valence-corrected chi connectivity index (χ1v) is 6.13. The molecule has 0 bridgehead atoms. The van der Waals surface area contributed by atoms with Crippen molar-refractivity contribution in [2.45, 2.75) is 31.8 Å². The summed E-state index contributed by atoms with van der Waals surface area (Å²) in [5, 5.41) is 0. The Labute approximate surface area is 104 Å². The van der Waals surface area contributed by atoms with E-state index in [9.17, 15) is 4.79 Å². The van der Waals surface area contributed by atoms with Gasteiger partial charge in [-0.15, -0.1) is 0 Å². The molecule has 0 aliphatic carbocycles. The molecule has 0 aromatic carbocycles. The standard InChI is InChI=1S/C12H25N3O2/c1-12(2)9-17-6-5-15(12)10(8-13)7-11(16)14(3)4/h10H,5-9,13H2,1-4H3. The molecule has 1 atom stereocenters. The maximum atomic E-state index is 11.8. The van der Waals surface area contributed by atoms with E-state index < -0.39 is 0 Å². The zero-order valence-electron chi connectivity index (χ0n) is 11.4. The van der Waals surface area contributed by atoms with Gasteiger partial charge < -0.3 is 15.4 Å². The molecule has 0 radical (unpaired) electrons. The van der Waals surface area contributed by atoms with Gasteiger partial charge in [-0.3, -0.25) is 9.69 Å². The monoisotopic (exact) mass is 243 g/mol. The van der Waals surface area contributed by atoms with Crippen LogP contribution in [0.1, 0.15) is 20.3 Å². The first-order valence-electron chi connectivity index (χ1n) is 6.13. The SMILES string of the molecule is CN(C)C(=O)CC(CN)N1CCOCC1(C)C. The zero-order chi connectivity index (χ0) is 13.1. The minimum Gasteiger partial charge on any atom is -0.378 e. The van der Waals surface area contributed by atoms with Crippen molar-refractivity contribution in [1.29, 1.82) is 0 Å². The first kappa shape index (κ1) is 14.4. The van der Waals surface area contributed by atoms with Gasteiger partial charge in [-0.05, 0) is 13.8 Å². The van der Waals surface area contributed by atoms with Gasteiger partial charge in [0, 0.05) is 45.2 Å². The number of carbonyl (C=O) groups is 1. The minimum atomic E-state index is -0.0467. The molecule has 0 spiro atoms. The van der Waals surface area contributed by atoms with Crippen LogP contribution >= 0.6 is 0 Å². The molecule has 1 amide bonds. The smallest absolute Gasteiger partial charge is 0.223 e. The molecule has 1 fully saturated rings. The van der Waals surface area contributed by atoms with Crippen molar-refractivity contribution >= 4 is 5.91 Å². The highest BCUT2D eigenvalue weighted by Gasteiger charge is 2.35. The van der Waals surface area contributed by atoms with E-state index in [4.69, 9.17) is 10.5 Å². The summed E-state index contributed by atoms with van der Waals surface area (Å²) in [4.78, 5) is 15.7. The lowest BCUT2D eigenvalue weighted by molar-refractivity contribution is -0.132. The van der Waals surface area contributed by atoms with Gasteiger partial charge >= 0.3 is 0 Å². The van der Waals surface area contributed by atoms with Crippen LogP contribution in [0.5, 0.6) is 0 Å². The van der Waals surface area contributed by atoms with Gasteiger partial charge in [0.15, 0.2) is 0 Å². The molecular weight excluding hydrogens is 218 g/mol. The minimum absolute atomic E-state index is 0.0467. The predicted octanol–water partition coefficient (Wildman–Crippen LogP) is -0.0972. The Kier molecular flexibility index (Phi) is 4.91. The fourth-order valence-electron chi connectivity index (χ4n) is 2.25. The largest absolute Gasteiger partial charge is 0.378 e. The fourth-order valence-corrected chi connectivity index (χ4v) is 2.25. The molecule has 1 saturated heterocycles. The van der Waals surface area contributed by atoms with Gasteiger partial charge in [0.1, 0.15) is 0 Å². The fraction of sp³-hybridized carbons (Fsp3) is 0.917. The van der Waals surface area contributed by atoms with E-state index >= 15 is 0 Å². The number of morpholine rings is 1. The van der Waals surface area contributed by atoms with Crippen molar-refractivity contribution in [2.24, 2.45) is 5.73 Å². The molecule has 0 aromatic heterocycles. The Balaban J connectivity index is 2.68. The maximum absolute atomic E-state index is 11.8. The van der Waals surface area contributed by atoms with Crippen molar-refractivity contribution in [3.05, 3.63) is 0 Å². The molecule has 2 N–H and O–H groups in total. The number of carbonyl (C=O) groups excluding carboxylic acids is 1. The zero-order valence-corrected chi connectivity index (χ0v) is 11.4. The third-order valence-corrected chi connectivity index (χ3v) is 3.33. The quantitative estimate of drug-likeness (QED) is 0.749. The van der Waals surface area contributed by atoms with Crippen molar-refractivity contribution in [3.63, 3.8) is 0 Å². The molecule has 100 valence electrons. The van der Waals surface area contributed by atoms with E-state index in [0.29, 0.717) is 19.6 Å². The van der Waals surface area contributed by atoms with Crippen LogP contribution in [-0.2, 0) is 9.53 Å². The Hall–Kier alpha value is -0.650. The van der Waals surface area contributed by atoms with Gasteiger partial charge in [-0.1, -0.05) is 0 Å². The van der Waals surface area contributed by atoms with Crippen LogP contribution in [0.25, 0.3) is 0 Å². The highest BCUT2D eigenvalue weighted by molar-refractivity contribution is 5.76. The van der Waals surface area contributed by atoms with E-state index in [1.165, 1.54) is 0 Å². The number of rotatable bonds is 4. The molecule has 1 unspecified atom stereocenters. The molecule has 0 aromatic rings. The number of amides is 1. The molecule has 1 aliphatic rings. The van der Waals surface area contributed by atoms with E-state index in [2.05, 4.69) is 18.7 Å². The topological polar surface area (TPSA) is 58.8 Å². The number of nitrogens with zero attached hydrogens (tertiary/aromatic N) is 2. The van der Waals surface area contributed by atoms with Crippen LogP contribution in [0.15, 0.2) is 0 Å². The van der Waals surface area contributed by atoms with E-state index in [1.54, 1.807) is 19.0 Å². The molecule has 1 aliphatic heterocycles. The number of hydrogen-bond acceptors (Lipinski definition) is 4. The summed E-state index contributed by atoms with van der Waals surface area (Å²) >= 11 is 0. The lowest BCUT2D eigenvalue weighted by Gasteiger charge is -2.46. The molecule has 1 heterocycles. The third-order valence-electron chi connectivity index (χ3n) is 3.33. The van der Waals surface area contributed by atoms with E-state index in [-0.39, 0.29) is 17.5 Å². The number of nitrogens with two attached hydrogens (primary N) is 1. The second-order valence-electron chi connectivity index (χ2n) is 5.44. The summed E-state index contributed by atoms with van der Waals surface area (Å²) in [6.45, 7) is 7.03. The van der Waals surface area contributed by atoms with Crippen LogP contribution in [0.3, 0.4) is 0 Å². The van der Waals surface area contributed by atoms with Crippen molar-refractivity contribution in [2.75, 3.05) is 40.4 Å². The highest BCUT2D eigenvalue weighted by atomic mass is 16.5. The average molecular weight is 243 g/mol. The molecule has 17 heavy (non-hydrogen) atoms. The molecular formula is C12H25N3O2. The van der Waals surface area contributed by atoms with Crippen molar-refractivity contribution in [3.8, 4) is 0 Å². The van der Waals surface area contributed by atoms with Gasteiger partial charge in [0.25, 0.3) is 0 Å². The molecule has 0 saturated carbocycles. The van der Waals surface area contributed by atoms with Gasteiger partial charge in [-0.25, -0.2) is 0 Å². The van der Waals surface area contributed by atoms with E-state index in [0.717, 1.165) is 13.2 Å². The maximum Gasteiger partial charge on any atom is 0.223 e. The van der Waals surface area contributed by atoms with Crippen molar-refractivity contribution < 1.29 is 9.53 Å². The first-order chi connectivity index (χ1) is 7.88. The summed E-state index contributed by atoms with van der Waals surface area (Å²) in [6.07, 6.45) is 0.479. The Morgan fingerprint density at radius 1 is 1.53 bits per heavy atom. The average Bonchev–Trinajstić information content (AvgIpc) is 2.25. The summed E-state index contributed by atoms with van der Waals surface area (Å²) in [5.74, 6) is 0.128. The van der Waals surface area contributed by atoms with Crippen LogP contribution in [-0.4, -0.2) is 67.7 Å². The van der Waals surface area contributed by atoms with Crippen LogP contribution in [0, 0.1) is 0 Å². The van der Waals surface area contributed by atoms with Crippen LogP contribution in [0.2, 0.25) is 0 Å². The normalized spacial score (nSPS) is 22.2. The van der Waals surface area contributed by atoms with Crippen LogP contribution < -0.4 is 5.73 Å². The van der Waals surface area contributed by atoms with Crippen molar-refractivity contribution in [1.82, 2.24) is 9.80 Å². The van der Waals surface area contributed by atoms with Crippen LogP contribution in [0.4, 0.5) is 0 Å². The summed E-state index contributed by atoms with van der Waals surface area (Å²) < 4.78 is 5.48.